The molecular weight excluding hydrogens is 416 g/mol. The predicted octanol–water partition coefficient (Wildman–Crippen LogP) is 2.82. The molecule has 4 rings (SSSR count). The third-order valence-corrected chi connectivity index (χ3v) is 8.02. The zero-order valence-electron chi connectivity index (χ0n) is 17.8. The van der Waals surface area contributed by atoms with E-state index in [1.165, 1.54) is 4.31 Å². The molecule has 2 aromatic carbocycles. The molecule has 1 fully saturated rings. The summed E-state index contributed by atoms with van der Waals surface area (Å²) in [5, 5.41) is 2.88. The molecule has 3 aromatic rings. The van der Waals surface area contributed by atoms with Gasteiger partial charge in [0.25, 0.3) is 0 Å². The van der Waals surface area contributed by atoms with Gasteiger partial charge in [0.1, 0.15) is 0 Å². The highest BCUT2D eigenvalue weighted by Gasteiger charge is 2.33. The van der Waals surface area contributed by atoms with Crippen molar-refractivity contribution in [3.8, 4) is 0 Å². The Bertz CT molecular complexity index is 1290. The van der Waals surface area contributed by atoms with Crippen LogP contribution in [0.5, 0.6) is 0 Å². The zero-order chi connectivity index (χ0) is 22.3. The second-order valence-corrected chi connectivity index (χ2v) is 10.1. The number of rotatable bonds is 4. The number of carbonyl (C=O) groups is 1. The number of fused-ring (bicyclic) bond motifs is 1. The van der Waals surface area contributed by atoms with Gasteiger partial charge in [-0.3, -0.25) is 4.79 Å². The molecule has 164 valence electrons. The molecule has 8 nitrogen and oxygen atoms in total. The van der Waals surface area contributed by atoms with Crippen molar-refractivity contribution in [2.75, 3.05) is 18.4 Å². The van der Waals surface area contributed by atoms with Crippen molar-refractivity contribution in [2.45, 2.75) is 38.5 Å². The second kappa shape index (κ2) is 7.97. The van der Waals surface area contributed by atoms with Crippen LogP contribution < -0.4 is 11.0 Å². The van der Waals surface area contributed by atoms with E-state index in [9.17, 15) is 18.0 Å². The molecule has 0 radical (unpaired) electrons. The smallest absolute Gasteiger partial charge is 0.323 e. The fourth-order valence-corrected chi connectivity index (χ4v) is 6.30. The lowest BCUT2D eigenvalue weighted by Gasteiger charge is -2.31. The third kappa shape index (κ3) is 4.15. The summed E-state index contributed by atoms with van der Waals surface area (Å²) in [6.07, 6.45) is 0.913. The topological polar surface area (TPSA) is 115 Å². The second-order valence-electron chi connectivity index (χ2n) is 8.23. The van der Waals surface area contributed by atoms with Crippen LogP contribution in [0.1, 0.15) is 29.5 Å². The predicted molar refractivity (Wildman–Crippen MR) is 120 cm³/mol. The maximum atomic E-state index is 13.2. The minimum atomic E-state index is -3.61. The summed E-state index contributed by atoms with van der Waals surface area (Å²) in [5.41, 5.74) is 4.10. The minimum absolute atomic E-state index is 0.142. The lowest BCUT2D eigenvalue weighted by Crippen LogP contribution is -2.41. The number of aryl methyl sites for hydroxylation is 3. The molecule has 1 aliphatic rings. The number of hydrogen-bond donors (Lipinski definition) is 3. The SMILES string of the molecule is Cc1cc(C)c(S(=O)(=O)N2CCC(C(=O)Nc3ccc4[nH]c(=O)[nH]c4c3)CC2)c(C)c1. The van der Waals surface area contributed by atoms with Crippen LogP contribution in [0.4, 0.5) is 5.69 Å². The van der Waals surface area contributed by atoms with Gasteiger partial charge in [-0.2, -0.15) is 4.31 Å². The average Bonchev–Trinajstić information content (AvgIpc) is 3.06. The molecule has 1 saturated heterocycles. The standard InChI is InChI=1S/C22H26N4O4S/c1-13-10-14(2)20(15(3)11-13)31(29,30)26-8-6-16(7-9-26)21(27)23-17-4-5-18-19(12-17)25-22(28)24-18/h4-5,10-12,16H,6-9H2,1-3H3,(H,23,27)(H2,24,25,28). The fraction of sp³-hybridized carbons (Fsp3) is 0.364. The molecule has 0 unspecified atom stereocenters. The van der Waals surface area contributed by atoms with Crippen LogP contribution in [0, 0.1) is 26.7 Å². The summed E-state index contributed by atoms with van der Waals surface area (Å²) in [4.78, 5) is 29.8. The van der Waals surface area contributed by atoms with Gasteiger partial charge >= 0.3 is 5.69 Å². The Hall–Kier alpha value is -2.91. The van der Waals surface area contributed by atoms with Gasteiger partial charge in [-0.05, 0) is 62.9 Å². The largest absolute Gasteiger partial charge is 0.326 e. The van der Waals surface area contributed by atoms with Crippen molar-refractivity contribution in [3.05, 3.63) is 57.5 Å². The van der Waals surface area contributed by atoms with E-state index in [1.54, 1.807) is 18.2 Å². The molecule has 2 heterocycles. The Balaban J connectivity index is 1.44. The van der Waals surface area contributed by atoms with E-state index in [4.69, 9.17) is 0 Å². The first kappa shape index (κ1) is 21.3. The summed E-state index contributed by atoms with van der Waals surface area (Å²) in [6, 6.07) is 8.92. The number of H-pyrrole nitrogens is 2. The Morgan fingerprint density at radius 2 is 1.61 bits per heavy atom. The van der Waals surface area contributed by atoms with E-state index in [2.05, 4.69) is 15.3 Å². The number of aromatic nitrogens is 2. The van der Waals surface area contributed by atoms with Crippen molar-refractivity contribution >= 4 is 32.7 Å². The quantitative estimate of drug-likeness (QED) is 0.576. The van der Waals surface area contributed by atoms with E-state index < -0.39 is 10.0 Å². The van der Waals surface area contributed by atoms with E-state index in [1.807, 2.05) is 32.9 Å². The first-order valence-corrected chi connectivity index (χ1v) is 11.7. The Morgan fingerprint density at radius 3 is 2.26 bits per heavy atom. The molecule has 1 amide bonds. The summed E-state index contributed by atoms with van der Waals surface area (Å²) in [5.74, 6) is -0.412. The molecule has 0 spiro atoms. The fourth-order valence-electron chi connectivity index (χ4n) is 4.42. The van der Waals surface area contributed by atoms with Gasteiger partial charge in [-0.1, -0.05) is 17.7 Å². The van der Waals surface area contributed by atoms with Gasteiger partial charge in [0.15, 0.2) is 0 Å². The van der Waals surface area contributed by atoms with Crippen LogP contribution in [-0.2, 0) is 14.8 Å². The highest BCUT2D eigenvalue weighted by atomic mass is 32.2. The van der Waals surface area contributed by atoms with E-state index in [0.29, 0.717) is 47.5 Å². The van der Waals surface area contributed by atoms with Crippen LogP contribution in [0.15, 0.2) is 40.0 Å². The number of nitrogens with one attached hydrogen (secondary N) is 3. The van der Waals surface area contributed by atoms with Crippen molar-refractivity contribution in [1.82, 2.24) is 14.3 Å². The van der Waals surface area contributed by atoms with Gasteiger partial charge < -0.3 is 15.3 Å². The maximum Gasteiger partial charge on any atom is 0.323 e. The monoisotopic (exact) mass is 442 g/mol. The Kier molecular flexibility index (Phi) is 5.49. The summed E-state index contributed by atoms with van der Waals surface area (Å²) < 4.78 is 27.9. The van der Waals surface area contributed by atoms with Crippen molar-refractivity contribution in [2.24, 2.45) is 5.92 Å². The first-order valence-electron chi connectivity index (χ1n) is 10.3. The normalized spacial score (nSPS) is 16.0. The highest BCUT2D eigenvalue weighted by molar-refractivity contribution is 7.89. The van der Waals surface area contributed by atoms with Gasteiger partial charge in [0, 0.05) is 24.7 Å². The summed E-state index contributed by atoms with van der Waals surface area (Å²) in [6.45, 7) is 6.20. The highest BCUT2D eigenvalue weighted by Crippen LogP contribution is 2.29. The van der Waals surface area contributed by atoms with Crippen LogP contribution in [0.2, 0.25) is 0 Å². The molecule has 31 heavy (non-hydrogen) atoms. The van der Waals surface area contributed by atoms with Crippen LogP contribution in [0.25, 0.3) is 11.0 Å². The molecular formula is C22H26N4O4S. The Morgan fingerprint density at radius 1 is 1.00 bits per heavy atom. The molecule has 9 heteroatoms. The number of carbonyl (C=O) groups excluding carboxylic acids is 1. The maximum absolute atomic E-state index is 13.2. The molecule has 3 N–H and O–H groups in total. The van der Waals surface area contributed by atoms with Crippen molar-refractivity contribution < 1.29 is 13.2 Å². The van der Waals surface area contributed by atoms with Gasteiger partial charge in [0.05, 0.1) is 15.9 Å². The van der Waals surface area contributed by atoms with E-state index >= 15 is 0 Å². The molecule has 0 bridgehead atoms. The number of imidazole rings is 1. The number of anilines is 1. The minimum Gasteiger partial charge on any atom is -0.326 e. The lowest BCUT2D eigenvalue weighted by atomic mass is 9.97. The molecule has 0 saturated carbocycles. The first-order chi connectivity index (χ1) is 14.6. The zero-order valence-corrected chi connectivity index (χ0v) is 18.6. The van der Waals surface area contributed by atoms with Crippen LogP contribution in [-0.4, -0.2) is 41.7 Å². The average molecular weight is 443 g/mol. The third-order valence-electron chi connectivity index (χ3n) is 5.81. The number of aromatic amines is 2. The Labute approximate surface area is 180 Å². The van der Waals surface area contributed by atoms with E-state index in [0.717, 1.165) is 16.7 Å². The number of sulfonamides is 1. The lowest BCUT2D eigenvalue weighted by molar-refractivity contribution is -0.120. The number of piperidine rings is 1. The van der Waals surface area contributed by atoms with Crippen molar-refractivity contribution in [1.29, 1.82) is 0 Å². The summed E-state index contributed by atoms with van der Waals surface area (Å²) in [7, 11) is -3.61. The van der Waals surface area contributed by atoms with Gasteiger partial charge in [-0.25, -0.2) is 13.2 Å². The molecule has 0 atom stereocenters. The number of hydrogen-bond acceptors (Lipinski definition) is 4. The number of nitrogens with zero attached hydrogens (tertiary/aromatic N) is 1. The van der Waals surface area contributed by atoms with Crippen LogP contribution in [0.3, 0.4) is 0 Å². The van der Waals surface area contributed by atoms with Crippen molar-refractivity contribution in [3.63, 3.8) is 0 Å². The number of benzene rings is 2. The molecule has 1 aliphatic heterocycles. The van der Waals surface area contributed by atoms with Gasteiger partial charge in [0.2, 0.25) is 15.9 Å². The van der Waals surface area contributed by atoms with E-state index in [-0.39, 0.29) is 17.5 Å². The number of amides is 1. The molecule has 0 aliphatic carbocycles. The van der Waals surface area contributed by atoms with Gasteiger partial charge in [-0.15, -0.1) is 0 Å². The molecule has 1 aromatic heterocycles. The van der Waals surface area contributed by atoms with Crippen LogP contribution >= 0.6 is 0 Å². The summed E-state index contributed by atoms with van der Waals surface area (Å²) >= 11 is 0.